The molecule has 0 aromatic rings. The summed E-state index contributed by atoms with van der Waals surface area (Å²) in [5.74, 6) is 1.28. The van der Waals surface area contributed by atoms with Gasteiger partial charge in [0.25, 0.3) is 0 Å². The molecule has 1 atom stereocenters. The Morgan fingerprint density at radius 1 is 1.17 bits per heavy atom. The van der Waals surface area contributed by atoms with Crippen LogP contribution in [0.25, 0.3) is 0 Å². The third kappa shape index (κ3) is 1.57. The van der Waals surface area contributed by atoms with E-state index < -0.39 is 5.79 Å². The molecule has 3 heteroatoms. The van der Waals surface area contributed by atoms with Gasteiger partial charge >= 0.3 is 0 Å². The van der Waals surface area contributed by atoms with Crippen molar-refractivity contribution in [3.8, 4) is 0 Å². The molecule has 0 saturated carbocycles. The molecule has 2 heterocycles. The van der Waals surface area contributed by atoms with Crippen LogP contribution in [-0.4, -0.2) is 19.0 Å². The second-order valence-corrected chi connectivity index (χ2v) is 6.75. The van der Waals surface area contributed by atoms with Crippen LogP contribution >= 0.6 is 0 Å². The zero-order valence-corrected chi connectivity index (χ0v) is 11.5. The van der Waals surface area contributed by atoms with Crippen molar-refractivity contribution in [2.24, 2.45) is 10.8 Å². The largest absolute Gasteiger partial charge is 0.466 e. The molecule has 3 rings (SSSR count). The average Bonchev–Trinajstić information content (AvgIpc) is 2.59. The van der Waals surface area contributed by atoms with E-state index in [1.165, 1.54) is 0 Å². The minimum Gasteiger partial charge on any atom is -0.466 e. The van der Waals surface area contributed by atoms with E-state index in [9.17, 15) is 0 Å². The third-order valence-electron chi connectivity index (χ3n) is 4.38. The first kappa shape index (κ1) is 12.2. The molecule has 18 heavy (non-hydrogen) atoms. The van der Waals surface area contributed by atoms with Gasteiger partial charge in [0.2, 0.25) is 0 Å². The molecule has 0 radical (unpaired) electrons. The Bertz CT molecular complexity index is 411. The van der Waals surface area contributed by atoms with Crippen LogP contribution in [0.1, 0.15) is 40.0 Å². The Balaban J connectivity index is 1.94. The lowest BCUT2D eigenvalue weighted by molar-refractivity contribution is -0.343. The smallest absolute Gasteiger partial charge is 0.181 e. The number of hydrogen-bond acceptors (Lipinski definition) is 3. The van der Waals surface area contributed by atoms with Crippen molar-refractivity contribution in [1.29, 1.82) is 0 Å². The maximum Gasteiger partial charge on any atom is 0.181 e. The molecule has 1 aliphatic carbocycles. The van der Waals surface area contributed by atoms with Crippen molar-refractivity contribution in [2.45, 2.75) is 45.8 Å². The first-order valence-electron chi connectivity index (χ1n) is 6.71. The van der Waals surface area contributed by atoms with Gasteiger partial charge in [-0.3, -0.25) is 0 Å². The van der Waals surface area contributed by atoms with Gasteiger partial charge in [-0.2, -0.15) is 0 Å². The Morgan fingerprint density at radius 3 is 2.50 bits per heavy atom. The highest BCUT2D eigenvalue weighted by molar-refractivity contribution is 5.26. The van der Waals surface area contributed by atoms with Crippen molar-refractivity contribution >= 4 is 0 Å². The molecule has 0 amide bonds. The zero-order chi connectivity index (χ0) is 13.0. The highest BCUT2D eigenvalue weighted by atomic mass is 16.7. The van der Waals surface area contributed by atoms with Crippen LogP contribution < -0.4 is 0 Å². The summed E-state index contributed by atoms with van der Waals surface area (Å²) in [5, 5.41) is 0. The van der Waals surface area contributed by atoms with E-state index in [1.807, 2.05) is 0 Å². The van der Waals surface area contributed by atoms with Crippen molar-refractivity contribution in [1.82, 2.24) is 0 Å². The van der Waals surface area contributed by atoms with Gasteiger partial charge in [0.15, 0.2) is 5.79 Å². The second-order valence-electron chi connectivity index (χ2n) is 6.75. The number of fused-ring (bicyclic) bond motifs is 2. The normalized spacial score (nSPS) is 37.1. The average molecular weight is 250 g/mol. The molecule has 1 spiro atoms. The molecule has 3 aliphatic rings. The maximum atomic E-state index is 6.20. The fourth-order valence-corrected chi connectivity index (χ4v) is 3.21. The zero-order valence-electron chi connectivity index (χ0n) is 11.5. The monoisotopic (exact) mass is 250 g/mol. The van der Waals surface area contributed by atoms with Crippen LogP contribution in [0.3, 0.4) is 0 Å². The maximum absolute atomic E-state index is 6.20. The Morgan fingerprint density at radius 2 is 1.83 bits per heavy atom. The minimum atomic E-state index is -0.522. The summed E-state index contributed by atoms with van der Waals surface area (Å²) in [7, 11) is 0. The van der Waals surface area contributed by atoms with Crippen molar-refractivity contribution < 1.29 is 14.2 Å². The van der Waals surface area contributed by atoms with E-state index in [4.69, 9.17) is 14.2 Å². The summed E-state index contributed by atoms with van der Waals surface area (Å²) in [4.78, 5) is 0. The molecule has 3 nitrogen and oxygen atoms in total. The number of hydrogen-bond donors (Lipinski definition) is 0. The highest BCUT2D eigenvalue weighted by Crippen LogP contribution is 2.58. The van der Waals surface area contributed by atoms with E-state index in [0.717, 1.165) is 44.0 Å². The van der Waals surface area contributed by atoms with Gasteiger partial charge in [-0.25, -0.2) is 0 Å². The molecule has 0 bridgehead atoms. The van der Waals surface area contributed by atoms with Crippen LogP contribution in [0.2, 0.25) is 0 Å². The predicted octanol–water partition coefficient (Wildman–Crippen LogP) is 3.37. The fraction of sp³-hybridized carbons (Fsp3) is 0.733. The molecular weight excluding hydrogens is 228 g/mol. The molecule has 2 fully saturated rings. The molecule has 0 aromatic carbocycles. The Kier molecular flexibility index (Phi) is 2.46. The van der Waals surface area contributed by atoms with Crippen molar-refractivity contribution in [3.63, 3.8) is 0 Å². The lowest BCUT2D eigenvalue weighted by atomic mass is 9.71. The molecule has 0 N–H and O–H groups in total. The topological polar surface area (TPSA) is 27.7 Å². The summed E-state index contributed by atoms with van der Waals surface area (Å²) in [5.41, 5.74) is -0.113. The lowest BCUT2D eigenvalue weighted by Gasteiger charge is -2.52. The van der Waals surface area contributed by atoms with Gasteiger partial charge in [0, 0.05) is 18.3 Å². The highest BCUT2D eigenvalue weighted by Gasteiger charge is 2.60. The van der Waals surface area contributed by atoms with Gasteiger partial charge in [-0.15, -0.1) is 0 Å². The van der Waals surface area contributed by atoms with E-state index >= 15 is 0 Å². The summed E-state index contributed by atoms with van der Waals surface area (Å²) in [6, 6.07) is 0. The molecule has 0 aromatic heterocycles. The van der Waals surface area contributed by atoms with Crippen LogP contribution in [0, 0.1) is 10.8 Å². The van der Waals surface area contributed by atoms with Gasteiger partial charge in [-0.1, -0.05) is 20.4 Å². The lowest BCUT2D eigenvalue weighted by Crippen LogP contribution is -2.57. The van der Waals surface area contributed by atoms with E-state index in [2.05, 4.69) is 33.4 Å². The third-order valence-corrected chi connectivity index (χ3v) is 4.38. The van der Waals surface area contributed by atoms with Gasteiger partial charge in [-0.05, 0) is 19.4 Å². The van der Waals surface area contributed by atoms with Gasteiger partial charge in [0.05, 0.1) is 24.4 Å². The SMILES string of the molecule is C=C1CC2(C)C(=CCCC23OCC(C)(C)CO3)O1. The van der Waals surface area contributed by atoms with Crippen molar-refractivity contribution in [3.05, 3.63) is 24.2 Å². The summed E-state index contributed by atoms with van der Waals surface area (Å²) < 4.78 is 18.2. The first-order chi connectivity index (χ1) is 8.37. The molecule has 100 valence electrons. The van der Waals surface area contributed by atoms with Gasteiger partial charge in [0.1, 0.15) is 5.76 Å². The second kappa shape index (κ2) is 3.61. The number of rotatable bonds is 0. The Labute approximate surface area is 109 Å². The van der Waals surface area contributed by atoms with E-state index in [-0.39, 0.29) is 10.8 Å². The van der Waals surface area contributed by atoms with Crippen molar-refractivity contribution in [2.75, 3.05) is 13.2 Å². The van der Waals surface area contributed by atoms with Crippen LogP contribution in [-0.2, 0) is 14.2 Å². The Hall–Kier alpha value is -0.800. The standard InChI is InChI=1S/C15H22O3/c1-11-8-14(4)12(18-11)6-5-7-15(14)16-9-13(2,3)10-17-15/h6H,1,5,7-10H2,2-4H3. The quantitative estimate of drug-likeness (QED) is 0.659. The van der Waals surface area contributed by atoms with Crippen LogP contribution in [0.4, 0.5) is 0 Å². The number of ether oxygens (including phenoxy) is 3. The molecule has 2 aliphatic heterocycles. The predicted molar refractivity (Wildman–Crippen MR) is 68.7 cm³/mol. The summed E-state index contributed by atoms with van der Waals surface area (Å²) in [6.07, 6.45) is 4.80. The number of allylic oxidation sites excluding steroid dienone is 2. The molecule has 2 saturated heterocycles. The van der Waals surface area contributed by atoms with Crippen LogP contribution in [0.5, 0.6) is 0 Å². The van der Waals surface area contributed by atoms with Crippen LogP contribution in [0.15, 0.2) is 24.2 Å². The minimum absolute atomic E-state index is 0.0966. The van der Waals surface area contributed by atoms with Gasteiger partial charge < -0.3 is 14.2 Å². The van der Waals surface area contributed by atoms with E-state index in [0.29, 0.717) is 0 Å². The summed E-state index contributed by atoms with van der Waals surface area (Å²) in [6.45, 7) is 12.0. The fourth-order valence-electron chi connectivity index (χ4n) is 3.21. The first-order valence-corrected chi connectivity index (χ1v) is 6.71. The summed E-state index contributed by atoms with van der Waals surface area (Å²) >= 11 is 0. The molecule has 1 unspecified atom stereocenters. The van der Waals surface area contributed by atoms with E-state index in [1.54, 1.807) is 0 Å². The molecular formula is C15H22O3.